The van der Waals surface area contributed by atoms with Gasteiger partial charge in [-0.1, -0.05) is 6.07 Å². The minimum absolute atomic E-state index is 0.160. The number of rotatable bonds is 4. The number of sulfonamides is 1. The molecule has 1 aromatic carbocycles. The van der Waals surface area contributed by atoms with Crippen LogP contribution in [0.4, 0.5) is 0 Å². The summed E-state index contributed by atoms with van der Waals surface area (Å²) in [6, 6.07) is 6.62. The van der Waals surface area contributed by atoms with Crippen LogP contribution in [0.3, 0.4) is 0 Å². The zero-order valence-corrected chi connectivity index (χ0v) is 13.1. The van der Waals surface area contributed by atoms with Crippen molar-refractivity contribution in [2.75, 3.05) is 27.3 Å². The van der Waals surface area contributed by atoms with Crippen molar-refractivity contribution in [1.82, 2.24) is 4.31 Å². The van der Waals surface area contributed by atoms with Gasteiger partial charge < -0.3 is 9.47 Å². The summed E-state index contributed by atoms with van der Waals surface area (Å²) in [6.45, 7) is 2.20. The first kappa shape index (κ1) is 15.9. The van der Waals surface area contributed by atoms with Gasteiger partial charge in [0.15, 0.2) is 0 Å². The summed E-state index contributed by atoms with van der Waals surface area (Å²) in [4.78, 5) is 0.160. The van der Waals surface area contributed by atoms with Crippen molar-refractivity contribution in [3.8, 4) is 6.07 Å². The molecule has 0 amide bonds. The van der Waals surface area contributed by atoms with Gasteiger partial charge in [0, 0.05) is 27.3 Å². The molecule has 1 fully saturated rings. The molecule has 1 aromatic rings. The van der Waals surface area contributed by atoms with Gasteiger partial charge in [-0.05, 0) is 24.6 Å². The fourth-order valence-corrected chi connectivity index (χ4v) is 4.16. The molecule has 114 valence electrons. The Balaban J connectivity index is 2.38. The van der Waals surface area contributed by atoms with Gasteiger partial charge in [-0.25, -0.2) is 8.42 Å². The maximum Gasteiger partial charge on any atom is 0.243 e. The topological polar surface area (TPSA) is 79.6 Å². The first-order valence-corrected chi connectivity index (χ1v) is 7.94. The lowest BCUT2D eigenvalue weighted by Crippen LogP contribution is -2.30. The van der Waals surface area contributed by atoms with Crippen molar-refractivity contribution >= 4 is 10.0 Å². The highest BCUT2D eigenvalue weighted by Gasteiger charge is 2.40. The van der Waals surface area contributed by atoms with E-state index in [2.05, 4.69) is 0 Å². The molecule has 0 N–H and O–H groups in total. The zero-order chi connectivity index (χ0) is 15.6. The van der Waals surface area contributed by atoms with E-state index in [1.165, 1.54) is 24.6 Å². The summed E-state index contributed by atoms with van der Waals surface area (Å²) in [5.41, 5.74) is 0.939. The predicted molar refractivity (Wildman–Crippen MR) is 76.2 cm³/mol. The number of nitrogens with zero attached hydrogens (tertiary/aromatic N) is 2. The maximum atomic E-state index is 12.8. The Bertz CT molecular complexity index is 654. The van der Waals surface area contributed by atoms with Crippen molar-refractivity contribution in [3.63, 3.8) is 0 Å². The van der Waals surface area contributed by atoms with Crippen LogP contribution in [0, 0.1) is 18.3 Å². The molecule has 1 saturated heterocycles. The number of methoxy groups -OCH3 is 2. The van der Waals surface area contributed by atoms with Gasteiger partial charge in [0.25, 0.3) is 0 Å². The number of hydrogen-bond donors (Lipinski definition) is 0. The Morgan fingerprint density at radius 1 is 1.24 bits per heavy atom. The molecule has 0 bridgehead atoms. The van der Waals surface area contributed by atoms with Crippen molar-refractivity contribution in [2.45, 2.75) is 24.0 Å². The molecule has 6 nitrogen and oxygen atoms in total. The molecule has 0 aliphatic carbocycles. The van der Waals surface area contributed by atoms with Crippen molar-refractivity contribution in [2.24, 2.45) is 0 Å². The van der Waals surface area contributed by atoms with Crippen LogP contribution in [-0.2, 0) is 19.5 Å². The van der Waals surface area contributed by atoms with E-state index in [1.807, 2.05) is 6.07 Å². The fourth-order valence-electron chi connectivity index (χ4n) is 2.45. The minimum Gasteiger partial charge on any atom is -0.377 e. The molecular formula is C14H18N2O4S. The molecule has 0 radical (unpaired) electrons. The number of ether oxygens (including phenoxy) is 2. The molecule has 1 aliphatic rings. The summed E-state index contributed by atoms with van der Waals surface area (Å²) >= 11 is 0. The first-order chi connectivity index (χ1) is 9.93. The van der Waals surface area contributed by atoms with E-state index in [4.69, 9.17) is 14.7 Å². The molecule has 2 atom stereocenters. The maximum absolute atomic E-state index is 12.8. The Morgan fingerprint density at radius 2 is 1.81 bits per heavy atom. The summed E-state index contributed by atoms with van der Waals surface area (Å²) in [7, 11) is -0.594. The van der Waals surface area contributed by atoms with Crippen molar-refractivity contribution in [1.29, 1.82) is 5.26 Å². The van der Waals surface area contributed by atoms with Crippen molar-refractivity contribution < 1.29 is 17.9 Å². The monoisotopic (exact) mass is 310 g/mol. The van der Waals surface area contributed by atoms with E-state index in [1.54, 1.807) is 19.1 Å². The normalized spacial score (nSPS) is 23.1. The van der Waals surface area contributed by atoms with Gasteiger partial charge in [-0.3, -0.25) is 0 Å². The Hall–Kier alpha value is -1.46. The van der Waals surface area contributed by atoms with E-state index in [0.29, 0.717) is 11.1 Å². The second-order valence-electron chi connectivity index (χ2n) is 4.96. The quantitative estimate of drug-likeness (QED) is 0.825. The Morgan fingerprint density at radius 3 is 2.29 bits per heavy atom. The first-order valence-electron chi connectivity index (χ1n) is 6.50. The van der Waals surface area contributed by atoms with Crippen LogP contribution in [0.25, 0.3) is 0 Å². The number of nitriles is 1. The molecule has 0 saturated carbocycles. The second-order valence-corrected chi connectivity index (χ2v) is 6.87. The molecule has 1 heterocycles. The van der Waals surface area contributed by atoms with Gasteiger partial charge in [-0.2, -0.15) is 9.57 Å². The molecule has 7 heteroatoms. The van der Waals surface area contributed by atoms with Crippen LogP contribution in [0.5, 0.6) is 0 Å². The van der Waals surface area contributed by atoms with E-state index in [9.17, 15) is 8.42 Å². The van der Waals surface area contributed by atoms with E-state index in [0.717, 1.165) is 0 Å². The van der Waals surface area contributed by atoms with E-state index >= 15 is 0 Å². The third-order valence-electron chi connectivity index (χ3n) is 3.72. The predicted octanol–water partition coefficient (Wildman–Crippen LogP) is 0.901. The lowest BCUT2D eigenvalue weighted by Gasteiger charge is -2.17. The van der Waals surface area contributed by atoms with Gasteiger partial charge in [0.1, 0.15) is 0 Å². The average molecular weight is 310 g/mol. The zero-order valence-electron chi connectivity index (χ0n) is 12.2. The third-order valence-corrected chi connectivity index (χ3v) is 5.70. The highest BCUT2D eigenvalue weighted by atomic mass is 32.2. The van der Waals surface area contributed by atoms with Crippen LogP contribution >= 0.6 is 0 Å². The number of hydrogen-bond acceptors (Lipinski definition) is 5. The lowest BCUT2D eigenvalue weighted by molar-refractivity contribution is -0.00461. The van der Waals surface area contributed by atoms with E-state index in [-0.39, 0.29) is 30.2 Å². The Labute approximate surface area is 124 Å². The van der Waals surface area contributed by atoms with Crippen LogP contribution in [0.1, 0.15) is 11.1 Å². The van der Waals surface area contributed by atoms with Crippen LogP contribution in [0.15, 0.2) is 23.1 Å². The standard InChI is InChI=1S/C14H18N2O4S/c1-10-4-5-11(7-15)6-14(10)21(17,18)16-8-12(19-2)13(9-16)20-3/h4-6,12-13H,8-9H2,1-3H3. The van der Waals surface area contributed by atoms with Gasteiger partial charge >= 0.3 is 0 Å². The average Bonchev–Trinajstić information content (AvgIpc) is 2.91. The minimum atomic E-state index is -3.67. The Kier molecular flexibility index (Phi) is 4.64. The fraction of sp³-hybridized carbons (Fsp3) is 0.500. The van der Waals surface area contributed by atoms with Crippen LogP contribution in [-0.4, -0.2) is 52.2 Å². The number of aryl methyl sites for hydroxylation is 1. The van der Waals surface area contributed by atoms with E-state index < -0.39 is 10.0 Å². The molecule has 21 heavy (non-hydrogen) atoms. The van der Waals surface area contributed by atoms with Gasteiger partial charge in [-0.15, -0.1) is 0 Å². The SMILES string of the molecule is COC1CN(S(=O)(=O)c2cc(C#N)ccc2C)CC1OC. The third kappa shape index (κ3) is 2.94. The molecule has 0 aromatic heterocycles. The molecule has 1 aliphatic heterocycles. The summed E-state index contributed by atoms with van der Waals surface area (Å²) < 4.78 is 37.4. The van der Waals surface area contributed by atoms with Gasteiger partial charge in [0.05, 0.1) is 28.7 Å². The summed E-state index contributed by atoms with van der Waals surface area (Å²) in [5, 5.41) is 8.95. The molecular weight excluding hydrogens is 292 g/mol. The van der Waals surface area contributed by atoms with Crippen LogP contribution in [0.2, 0.25) is 0 Å². The molecule has 0 spiro atoms. The second kappa shape index (κ2) is 6.12. The highest BCUT2D eigenvalue weighted by molar-refractivity contribution is 7.89. The lowest BCUT2D eigenvalue weighted by atomic mass is 10.2. The highest BCUT2D eigenvalue weighted by Crippen LogP contribution is 2.26. The summed E-state index contributed by atoms with van der Waals surface area (Å²) in [5.74, 6) is 0. The summed E-state index contributed by atoms with van der Waals surface area (Å²) in [6.07, 6.45) is -0.575. The molecule has 2 unspecified atom stereocenters. The van der Waals surface area contributed by atoms with Crippen LogP contribution < -0.4 is 0 Å². The van der Waals surface area contributed by atoms with Crippen molar-refractivity contribution in [3.05, 3.63) is 29.3 Å². The smallest absolute Gasteiger partial charge is 0.243 e. The van der Waals surface area contributed by atoms with Gasteiger partial charge in [0.2, 0.25) is 10.0 Å². The number of benzene rings is 1. The molecule has 2 rings (SSSR count). The largest absolute Gasteiger partial charge is 0.377 e.